The summed E-state index contributed by atoms with van der Waals surface area (Å²) in [7, 11) is 0. The molecule has 19 heavy (non-hydrogen) atoms. The van der Waals surface area contributed by atoms with Crippen molar-refractivity contribution in [2.45, 2.75) is 12.3 Å². The quantitative estimate of drug-likeness (QED) is 0.880. The zero-order valence-electron chi connectivity index (χ0n) is 10.5. The third kappa shape index (κ3) is 2.34. The Morgan fingerprint density at radius 3 is 2.74 bits per heavy atom. The van der Waals surface area contributed by atoms with Crippen molar-refractivity contribution in [1.82, 2.24) is 10.2 Å². The van der Waals surface area contributed by atoms with Crippen LogP contribution in [0.2, 0.25) is 0 Å². The van der Waals surface area contributed by atoms with Gasteiger partial charge in [-0.05, 0) is 24.0 Å². The first-order valence-electron chi connectivity index (χ1n) is 6.62. The Morgan fingerprint density at radius 1 is 1.26 bits per heavy atom. The summed E-state index contributed by atoms with van der Waals surface area (Å²) in [4.78, 5) is 14.0. The Balaban J connectivity index is 1.70. The van der Waals surface area contributed by atoms with Gasteiger partial charge < -0.3 is 10.2 Å². The Kier molecular flexibility index (Phi) is 3.22. The average Bonchev–Trinajstić information content (AvgIpc) is 3.22. The van der Waals surface area contributed by atoms with E-state index >= 15 is 0 Å². The van der Waals surface area contributed by atoms with Crippen molar-refractivity contribution in [2.75, 3.05) is 26.2 Å². The van der Waals surface area contributed by atoms with E-state index in [1.165, 1.54) is 6.07 Å². The maximum Gasteiger partial charge on any atom is 0.226 e. The van der Waals surface area contributed by atoms with Gasteiger partial charge in [0, 0.05) is 32.1 Å². The summed E-state index contributed by atoms with van der Waals surface area (Å²) < 4.78 is 26.8. The predicted molar refractivity (Wildman–Crippen MR) is 66.7 cm³/mol. The first kappa shape index (κ1) is 12.5. The standard InChI is InChI=1S/C14H16F2N2O/c15-12-3-1-2-9(13(12)16)10-8-11(10)14(19)18-6-4-17-5-7-18/h1-3,10-11,17H,4-8H2. The molecule has 102 valence electrons. The summed E-state index contributed by atoms with van der Waals surface area (Å²) in [6.07, 6.45) is 0.628. The van der Waals surface area contributed by atoms with Crippen LogP contribution >= 0.6 is 0 Å². The highest BCUT2D eigenvalue weighted by Crippen LogP contribution is 2.49. The van der Waals surface area contributed by atoms with Crippen LogP contribution in [-0.4, -0.2) is 37.0 Å². The second-order valence-corrected chi connectivity index (χ2v) is 5.17. The summed E-state index contributed by atoms with van der Waals surface area (Å²) in [6.45, 7) is 3.01. The number of piperazine rings is 1. The lowest BCUT2D eigenvalue weighted by atomic mass is 10.1. The zero-order chi connectivity index (χ0) is 13.4. The van der Waals surface area contributed by atoms with Crippen molar-refractivity contribution in [1.29, 1.82) is 0 Å². The molecule has 0 bridgehead atoms. The van der Waals surface area contributed by atoms with Gasteiger partial charge in [-0.3, -0.25) is 4.79 Å². The molecule has 3 nitrogen and oxygen atoms in total. The lowest BCUT2D eigenvalue weighted by Crippen LogP contribution is -2.47. The number of nitrogens with zero attached hydrogens (tertiary/aromatic N) is 1. The molecule has 1 heterocycles. The molecule has 2 aliphatic rings. The number of halogens is 2. The summed E-state index contributed by atoms with van der Waals surface area (Å²) in [5.74, 6) is -1.89. The lowest BCUT2D eigenvalue weighted by Gasteiger charge is -2.27. The number of rotatable bonds is 2. The molecular weight excluding hydrogens is 250 g/mol. The topological polar surface area (TPSA) is 32.3 Å². The smallest absolute Gasteiger partial charge is 0.226 e. The largest absolute Gasteiger partial charge is 0.340 e. The number of hydrogen-bond acceptors (Lipinski definition) is 2. The van der Waals surface area contributed by atoms with E-state index < -0.39 is 11.6 Å². The molecule has 1 aliphatic carbocycles. The van der Waals surface area contributed by atoms with E-state index in [0.29, 0.717) is 25.1 Å². The highest BCUT2D eigenvalue weighted by molar-refractivity contribution is 5.83. The SMILES string of the molecule is O=C(C1CC1c1cccc(F)c1F)N1CCNCC1. The zero-order valence-corrected chi connectivity index (χ0v) is 10.5. The first-order chi connectivity index (χ1) is 9.18. The van der Waals surface area contributed by atoms with E-state index in [1.807, 2.05) is 4.90 Å². The molecule has 1 aromatic rings. The molecule has 0 radical (unpaired) electrons. The van der Waals surface area contributed by atoms with Crippen molar-refractivity contribution < 1.29 is 13.6 Å². The normalized spacial score (nSPS) is 26.3. The van der Waals surface area contributed by atoms with Crippen molar-refractivity contribution in [3.05, 3.63) is 35.4 Å². The van der Waals surface area contributed by atoms with Crippen molar-refractivity contribution in [3.63, 3.8) is 0 Å². The van der Waals surface area contributed by atoms with Crippen LogP contribution in [0.3, 0.4) is 0 Å². The summed E-state index contributed by atoms with van der Waals surface area (Å²) >= 11 is 0. The Hall–Kier alpha value is -1.49. The molecule has 1 N–H and O–H groups in total. The maximum absolute atomic E-state index is 13.7. The van der Waals surface area contributed by atoms with Crippen LogP contribution in [-0.2, 0) is 4.79 Å². The molecular formula is C14H16F2N2O. The Labute approximate surface area is 110 Å². The van der Waals surface area contributed by atoms with Gasteiger partial charge in [0.2, 0.25) is 5.91 Å². The van der Waals surface area contributed by atoms with Gasteiger partial charge >= 0.3 is 0 Å². The van der Waals surface area contributed by atoms with Gasteiger partial charge in [0.15, 0.2) is 11.6 Å². The van der Waals surface area contributed by atoms with Crippen molar-refractivity contribution in [3.8, 4) is 0 Å². The predicted octanol–water partition coefficient (Wildman–Crippen LogP) is 1.50. The monoisotopic (exact) mass is 266 g/mol. The van der Waals surface area contributed by atoms with E-state index in [0.717, 1.165) is 19.2 Å². The number of carbonyl (C=O) groups excluding carboxylic acids is 1. The van der Waals surface area contributed by atoms with Crippen LogP contribution in [0.15, 0.2) is 18.2 Å². The van der Waals surface area contributed by atoms with E-state index in [-0.39, 0.29) is 17.7 Å². The number of hydrogen-bond donors (Lipinski definition) is 1. The molecule has 2 atom stereocenters. The van der Waals surface area contributed by atoms with Crippen LogP contribution in [0.5, 0.6) is 0 Å². The molecule has 0 aromatic heterocycles. The second-order valence-electron chi connectivity index (χ2n) is 5.17. The van der Waals surface area contributed by atoms with Gasteiger partial charge in [-0.1, -0.05) is 12.1 Å². The minimum atomic E-state index is -0.835. The summed E-state index contributed by atoms with van der Waals surface area (Å²) in [6, 6.07) is 4.18. The molecule has 1 aliphatic heterocycles. The van der Waals surface area contributed by atoms with E-state index in [9.17, 15) is 13.6 Å². The van der Waals surface area contributed by atoms with E-state index in [4.69, 9.17) is 0 Å². The minimum Gasteiger partial charge on any atom is -0.340 e. The third-order valence-corrected chi connectivity index (χ3v) is 3.92. The van der Waals surface area contributed by atoms with Gasteiger partial charge in [0.25, 0.3) is 0 Å². The van der Waals surface area contributed by atoms with Gasteiger partial charge in [-0.25, -0.2) is 8.78 Å². The molecule has 3 rings (SSSR count). The number of amides is 1. The molecule has 0 spiro atoms. The number of carbonyl (C=O) groups is 1. The molecule has 1 saturated heterocycles. The minimum absolute atomic E-state index is 0.0789. The first-order valence-corrected chi connectivity index (χ1v) is 6.62. The highest BCUT2D eigenvalue weighted by Gasteiger charge is 2.47. The van der Waals surface area contributed by atoms with Gasteiger partial charge in [0.1, 0.15) is 0 Å². The Morgan fingerprint density at radius 2 is 2.00 bits per heavy atom. The van der Waals surface area contributed by atoms with Crippen LogP contribution in [0, 0.1) is 17.6 Å². The molecule has 1 amide bonds. The third-order valence-electron chi connectivity index (χ3n) is 3.92. The molecule has 1 aromatic carbocycles. The second kappa shape index (κ2) is 4.89. The highest BCUT2D eigenvalue weighted by atomic mass is 19.2. The maximum atomic E-state index is 13.7. The van der Waals surface area contributed by atoms with Gasteiger partial charge in [-0.15, -0.1) is 0 Å². The van der Waals surface area contributed by atoms with E-state index in [1.54, 1.807) is 6.07 Å². The molecule has 2 unspecified atom stereocenters. The molecule has 2 fully saturated rings. The van der Waals surface area contributed by atoms with Crippen molar-refractivity contribution in [2.24, 2.45) is 5.92 Å². The van der Waals surface area contributed by atoms with Crippen molar-refractivity contribution >= 4 is 5.91 Å². The molecule has 5 heteroatoms. The summed E-state index contributed by atoms with van der Waals surface area (Å²) in [5, 5.41) is 3.18. The summed E-state index contributed by atoms with van der Waals surface area (Å²) in [5.41, 5.74) is 0.341. The fourth-order valence-electron chi connectivity index (χ4n) is 2.74. The number of benzene rings is 1. The van der Waals surface area contributed by atoms with Crippen LogP contribution in [0.25, 0.3) is 0 Å². The molecule has 1 saturated carbocycles. The Bertz CT molecular complexity index is 500. The van der Waals surface area contributed by atoms with Crippen LogP contribution in [0.4, 0.5) is 8.78 Å². The van der Waals surface area contributed by atoms with Gasteiger partial charge in [0.05, 0.1) is 0 Å². The van der Waals surface area contributed by atoms with Crippen LogP contribution in [0.1, 0.15) is 17.9 Å². The fourth-order valence-corrected chi connectivity index (χ4v) is 2.74. The lowest BCUT2D eigenvalue weighted by molar-refractivity contribution is -0.133. The van der Waals surface area contributed by atoms with Gasteiger partial charge in [-0.2, -0.15) is 0 Å². The van der Waals surface area contributed by atoms with Crippen LogP contribution < -0.4 is 5.32 Å². The van der Waals surface area contributed by atoms with E-state index in [2.05, 4.69) is 5.32 Å². The number of nitrogens with one attached hydrogen (secondary N) is 1. The average molecular weight is 266 g/mol. The fraction of sp³-hybridized carbons (Fsp3) is 0.500.